The summed E-state index contributed by atoms with van der Waals surface area (Å²) in [6.45, 7) is 5.35. The first-order chi connectivity index (χ1) is 13.5. The van der Waals surface area contributed by atoms with Gasteiger partial charge >= 0.3 is 12.1 Å². The fourth-order valence-electron chi connectivity index (χ4n) is 3.12. The first-order valence-electron chi connectivity index (χ1n) is 9.15. The van der Waals surface area contributed by atoms with Crippen molar-refractivity contribution in [3.8, 4) is 5.75 Å². The zero-order valence-electron chi connectivity index (χ0n) is 16.7. The smallest absolute Gasteiger partial charge is 0.412 e. The minimum Gasteiger partial charge on any atom is -0.507 e. The molecule has 3 atom stereocenters. The Bertz CT molecular complexity index is 840. The van der Waals surface area contributed by atoms with Crippen LogP contribution in [-0.4, -0.2) is 73.8 Å². The number of nitrogens with zero attached hydrogens (tertiary/aromatic N) is 2. The predicted molar refractivity (Wildman–Crippen MR) is 116 cm³/mol. The Morgan fingerprint density at radius 3 is 2.66 bits per heavy atom. The van der Waals surface area contributed by atoms with E-state index in [4.69, 9.17) is 9.73 Å². The molecule has 1 amide bonds. The van der Waals surface area contributed by atoms with Crippen LogP contribution in [0.2, 0.25) is 0 Å². The molecule has 2 aliphatic heterocycles. The zero-order chi connectivity index (χ0) is 21.3. The van der Waals surface area contributed by atoms with Gasteiger partial charge in [-0.15, -0.1) is 23.5 Å². The molecule has 3 rings (SSSR count). The van der Waals surface area contributed by atoms with Gasteiger partial charge in [0.15, 0.2) is 0 Å². The Morgan fingerprint density at radius 2 is 2.03 bits per heavy atom. The molecular weight excluding hydrogens is 414 g/mol. The average molecular weight is 440 g/mol. The third-order valence-corrected chi connectivity index (χ3v) is 7.08. The molecule has 2 heterocycles. The number of aromatic hydroxyl groups is 1. The molecule has 3 N–H and O–H groups in total. The Morgan fingerprint density at radius 1 is 1.31 bits per heavy atom. The molecule has 0 saturated carbocycles. The molecule has 0 unspecified atom stereocenters. The number of carboxylic acids is 1. The van der Waals surface area contributed by atoms with Gasteiger partial charge in [0.2, 0.25) is 0 Å². The number of ether oxygens (including phenoxy) is 1. The second-order valence-electron chi connectivity index (χ2n) is 7.91. The summed E-state index contributed by atoms with van der Waals surface area (Å²) in [4.78, 5) is 29.9. The number of aliphatic imine (C=N–C) groups is 1. The Balaban J connectivity index is 1.74. The maximum absolute atomic E-state index is 12.0. The summed E-state index contributed by atoms with van der Waals surface area (Å²) < 4.78 is 5.26. The van der Waals surface area contributed by atoms with Gasteiger partial charge in [-0.25, -0.2) is 4.79 Å². The van der Waals surface area contributed by atoms with Gasteiger partial charge in [0.25, 0.3) is 0 Å². The highest BCUT2D eigenvalue weighted by atomic mass is 32.2. The molecule has 0 aliphatic carbocycles. The van der Waals surface area contributed by atoms with Crippen molar-refractivity contribution >= 4 is 46.3 Å². The summed E-state index contributed by atoms with van der Waals surface area (Å²) in [5.41, 5.74) is 0.421. The highest BCUT2D eigenvalue weighted by Crippen LogP contribution is 2.38. The number of hydrogen-bond donors (Lipinski definition) is 3. The van der Waals surface area contributed by atoms with Crippen LogP contribution >= 0.6 is 23.5 Å². The number of carbonyl (C=O) groups is 2. The van der Waals surface area contributed by atoms with Crippen molar-refractivity contribution in [2.24, 2.45) is 4.99 Å². The minimum atomic E-state index is -0.823. The monoisotopic (exact) mass is 439 g/mol. The van der Waals surface area contributed by atoms with Gasteiger partial charge in [0, 0.05) is 17.2 Å². The maximum atomic E-state index is 12.0. The van der Waals surface area contributed by atoms with Crippen LogP contribution in [0.15, 0.2) is 23.2 Å². The number of nitrogens with one attached hydrogen (secondary N) is 1. The van der Waals surface area contributed by atoms with E-state index in [2.05, 4.69) is 5.32 Å². The van der Waals surface area contributed by atoms with E-state index in [9.17, 15) is 19.8 Å². The molecule has 1 fully saturated rings. The second kappa shape index (κ2) is 8.45. The van der Waals surface area contributed by atoms with Crippen LogP contribution < -0.4 is 5.32 Å². The van der Waals surface area contributed by atoms with Crippen LogP contribution in [0.5, 0.6) is 5.75 Å². The molecule has 0 bridgehead atoms. The molecule has 0 aromatic heterocycles. The van der Waals surface area contributed by atoms with Crippen LogP contribution in [0.4, 0.5) is 10.5 Å². The summed E-state index contributed by atoms with van der Waals surface area (Å²) in [6, 6.07) is 4.19. The molecule has 29 heavy (non-hydrogen) atoms. The van der Waals surface area contributed by atoms with E-state index in [1.165, 1.54) is 17.8 Å². The van der Waals surface area contributed by atoms with Crippen LogP contribution in [-0.2, 0) is 9.53 Å². The van der Waals surface area contributed by atoms with Gasteiger partial charge < -0.3 is 14.9 Å². The summed E-state index contributed by atoms with van der Waals surface area (Å²) in [7, 11) is 1.81. The standard InChI is InChI=1S/C19H25N3O5S2/c1-19(2,3)27-18(26)20-10-5-6-14(23)11(7-10)15-21-12(8-28-15)16-22(4)13(9-29-16)17(24)25/h5-7,12-13,16,23H,8-9H2,1-4H3,(H,20,26)(H,24,25)/t12-,13-,16+/m0/s1. The van der Waals surface area contributed by atoms with Crippen LogP contribution in [0.25, 0.3) is 0 Å². The number of likely N-dealkylation sites (N-methyl/N-ethyl adjacent to an activating group) is 1. The number of carbonyl (C=O) groups excluding carboxylic acids is 1. The van der Waals surface area contributed by atoms with Crippen molar-refractivity contribution in [2.75, 3.05) is 23.9 Å². The molecule has 0 radical (unpaired) electrons. The van der Waals surface area contributed by atoms with Gasteiger partial charge in [0.05, 0.1) is 17.0 Å². The largest absolute Gasteiger partial charge is 0.507 e. The fraction of sp³-hybridized carbons (Fsp3) is 0.526. The molecule has 0 spiro atoms. The minimum absolute atomic E-state index is 0.0219. The number of phenolic OH excluding ortho intramolecular Hbond substituents is 1. The van der Waals surface area contributed by atoms with Gasteiger partial charge in [-0.2, -0.15) is 0 Å². The topological polar surface area (TPSA) is 111 Å². The van der Waals surface area contributed by atoms with Gasteiger partial charge in [-0.1, -0.05) is 0 Å². The van der Waals surface area contributed by atoms with Gasteiger partial charge in [-0.05, 0) is 46.0 Å². The van der Waals surface area contributed by atoms with E-state index in [0.29, 0.717) is 27.8 Å². The van der Waals surface area contributed by atoms with Gasteiger partial charge in [0.1, 0.15) is 22.4 Å². The molecule has 2 aliphatic rings. The second-order valence-corrected chi connectivity index (χ2v) is 10.1. The van der Waals surface area contributed by atoms with E-state index < -0.39 is 23.7 Å². The highest BCUT2D eigenvalue weighted by molar-refractivity contribution is 8.14. The van der Waals surface area contributed by atoms with Crippen molar-refractivity contribution in [3.05, 3.63) is 23.8 Å². The lowest BCUT2D eigenvalue weighted by Gasteiger charge is -2.24. The Labute approximate surface area is 178 Å². The first kappa shape index (κ1) is 21.8. The van der Waals surface area contributed by atoms with Crippen LogP contribution in [0.1, 0.15) is 26.3 Å². The van der Waals surface area contributed by atoms with Crippen LogP contribution in [0, 0.1) is 0 Å². The Kier molecular flexibility index (Phi) is 6.35. The quantitative estimate of drug-likeness (QED) is 0.614. The van der Waals surface area contributed by atoms with Crippen molar-refractivity contribution in [1.29, 1.82) is 0 Å². The molecule has 8 nitrogen and oxygen atoms in total. The molecular formula is C19H25N3O5S2. The molecule has 158 valence electrons. The SMILES string of the molecule is CN1[C@@H]([C@@H]2CSC(c3cc(NC(=O)OC(C)(C)C)ccc3O)=N2)SC[C@H]1C(=O)O. The molecule has 10 heteroatoms. The molecule has 1 saturated heterocycles. The van der Waals surface area contributed by atoms with Crippen molar-refractivity contribution in [1.82, 2.24) is 4.90 Å². The van der Waals surface area contributed by atoms with Crippen LogP contribution in [0.3, 0.4) is 0 Å². The summed E-state index contributed by atoms with van der Waals surface area (Å²) >= 11 is 3.10. The number of hydrogen-bond acceptors (Lipinski definition) is 8. The number of phenols is 1. The normalized spacial score (nSPS) is 25.0. The van der Waals surface area contributed by atoms with E-state index >= 15 is 0 Å². The number of carboxylic acid groups (broad SMARTS) is 1. The van der Waals surface area contributed by atoms with Crippen molar-refractivity contribution in [2.45, 2.75) is 43.8 Å². The highest BCUT2D eigenvalue weighted by Gasteiger charge is 2.41. The molecule has 1 aromatic rings. The average Bonchev–Trinajstić information content (AvgIpc) is 3.21. The summed E-state index contributed by atoms with van der Waals surface area (Å²) in [5, 5.41) is 22.9. The number of benzene rings is 1. The predicted octanol–water partition coefficient (Wildman–Crippen LogP) is 3.06. The maximum Gasteiger partial charge on any atom is 0.412 e. The van der Waals surface area contributed by atoms with Crippen molar-refractivity contribution in [3.63, 3.8) is 0 Å². The summed E-state index contributed by atoms with van der Waals surface area (Å²) in [6.07, 6.45) is -0.572. The lowest BCUT2D eigenvalue weighted by molar-refractivity contribution is -0.141. The van der Waals surface area contributed by atoms with Gasteiger partial charge in [-0.3, -0.25) is 20.0 Å². The fourth-order valence-corrected chi connectivity index (χ4v) is 5.87. The summed E-state index contributed by atoms with van der Waals surface area (Å²) in [5.74, 6) is 0.481. The third-order valence-electron chi connectivity index (χ3n) is 4.48. The Hall–Kier alpha value is -1.91. The molecule has 1 aromatic carbocycles. The number of rotatable bonds is 4. The number of thioether (sulfide) groups is 2. The van der Waals surface area contributed by atoms with E-state index in [-0.39, 0.29) is 17.2 Å². The van der Waals surface area contributed by atoms with E-state index in [0.717, 1.165) is 0 Å². The van der Waals surface area contributed by atoms with E-state index in [1.807, 2.05) is 11.9 Å². The third kappa shape index (κ3) is 5.18. The number of anilines is 1. The number of amides is 1. The lowest BCUT2D eigenvalue weighted by atomic mass is 10.2. The zero-order valence-corrected chi connectivity index (χ0v) is 18.3. The van der Waals surface area contributed by atoms with E-state index in [1.54, 1.807) is 44.7 Å². The number of aliphatic carboxylic acids is 1. The van der Waals surface area contributed by atoms with Crippen molar-refractivity contribution < 1.29 is 24.5 Å². The lowest BCUT2D eigenvalue weighted by Crippen LogP contribution is -2.42. The first-order valence-corrected chi connectivity index (χ1v) is 11.2.